The largest absolute Gasteiger partial charge is 0.415 e. The van der Waals surface area contributed by atoms with Gasteiger partial charge in [0.25, 0.3) is 0 Å². The quantitative estimate of drug-likeness (QED) is 0.312. The maximum absolute atomic E-state index is 7.09. The van der Waals surface area contributed by atoms with Crippen molar-refractivity contribution in [1.82, 2.24) is 0 Å². The van der Waals surface area contributed by atoms with Crippen LogP contribution in [0, 0.1) is 34.5 Å². The van der Waals surface area contributed by atoms with E-state index in [2.05, 4.69) is 58.3 Å². The summed E-state index contributed by atoms with van der Waals surface area (Å²) >= 11 is 0. The molecular weight excluding hydrogens is 430 g/mol. The summed E-state index contributed by atoms with van der Waals surface area (Å²) in [7, 11) is -1.45. The van der Waals surface area contributed by atoms with E-state index < -0.39 is 16.6 Å². The van der Waals surface area contributed by atoms with Crippen molar-refractivity contribution in [2.75, 3.05) is 7.11 Å². The molecule has 4 fully saturated rings. The molecular formula is C26H49NO3Si2. The lowest BCUT2D eigenvalue weighted by Gasteiger charge is -2.63. The van der Waals surface area contributed by atoms with Crippen LogP contribution < -0.4 is 0 Å². The predicted octanol–water partition coefficient (Wildman–Crippen LogP) is 7.08. The monoisotopic (exact) mass is 479 g/mol. The van der Waals surface area contributed by atoms with Crippen molar-refractivity contribution in [3.8, 4) is 0 Å². The van der Waals surface area contributed by atoms with Crippen molar-refractivity contribution in [2.45, 2.75) is 117 Å². The summed E-state index contributed by atoms with van der Waals surface area (Å²) < 4.78 is 13.7. The Bertz CT molecular complexity index is 730. The van der Waals surface area contributed by atoms with E-state index in [0.717, 1.165) is 30.6 Å². The standard InChI is InChI=1S/C26H49NO3Si2/c1-25-15-14-19(29-31(4,5)6)16-18(25)10-11-20-21-12-13-23(27-28-3)26(21,2)17-22(24(20)25)30-32(7,8)9/h18-22,24H,10-17H2,1-9H3/b27-23+/t18?,19-,20?,21?,22?,24?,25+,26+/m1/s1. The Morgan fingerprint density at radius 2 is 1.59 bits per heavy atom. The molecule has 4 rings (SSSR count). The number of hydrogen-bond donors (Lipinski definition) is 0. The highest BCUT2D eigenvalue weighted by Gasteiger charge is 2.63. The molecule has 0 aromatic carbocycles. The summed E-state index contributed by atoms with van der Waals surface area (Å²) in [6, 6.07) is 0. The Labute approximate surface area is 199 Å². The molecule has 6 heteroatoms. The van der Waals surface area contributed by atoms with E-state index in [1.54, 1.807) is 7.11 Å². The van der Waals surface area contributed by atoms with Crippen LogP contribution in [0.2, 0.25) is 39.3 Å². The van der Waals surface area contributed by atoms with Gasteiger partial charge in [-0.2, -0.15) is 0 Å². The number of nitrogens with zero attached hydrogens (tertiary/aromatic N) is 1. The molecule has 0 heterocycles. The van der Waals surface area contributed by atoms with E-state index in [1.807, 2.05) is 0 Å². The molecule has 4 aliphatic rings. The zero-order valence-corrected chi connectivity index (χ0v) is 24.3. The van der Waals surface area contributed by atoms with Gasteiger partial charge in [-0.1, -0.05) is 19.0 Å². The molecule has 32 heavy (non-hydrogen) atoms. The zero-order valence-electron chi connectivity index (χ0n) is 22.3. The Hall–Kier alpha value is -0.176. The lowest BCUT2D eigenvalue weighted by Crippen LogP contribution is -2.61. The first-order valence-corrected chi connectivity index (χ1v) is 20.0. The van der Waals surface area contributed by atoms with Gasteiger partial charge in [-0.15, -0.1) is 0 Å². The van der Waals surface area contributed by atoms with Crippen LogP contribution in [0.15, 0.2) is 5.16 Å². The van der Waals surface area contributed by atoms with Gasteiger partial charge in [0.1, 0.15) is 7.11 Å². The fourth-order valence-electron chi connectivity index (χ4n) is 8.53. The van der Waals surface area contributed by atoms with Crippen LogP contribution in [-0.4, -0.2) is 41.7 Å². The molecule has 0 aromatic heterocycles. The van der Waals surface area contributed by atoms with Crippen molar-refractivity contribution < 1.29 is 13.7 Å². The van der Waals surface area contributed by atoms with Gasteiger partial charge in [-0.3, -0.25) is 0 Å². The molecule has 4 saturated carbocycles. The Balaban J connectivity index is 1.65. The highest BCUT2D eigenvalue weighted by atomic mass is 28.4. The minimum atomic E-state index is -1.66. The number of hydrogen-bond acceptors (Lipinski definition) is 4. The van der Waals surface area contributed by atoms with Crippen LogP contribution in [-0.2, 0) is 13.7 Å². The summed E-state index contributed by atoms with van der Waals surface area (Å²) in [4.78, 5) is 5.31. The summed E-state index contributed by atoms with van der Waals surface area (Å²) in [6.45, 7) is 19.3. The van der Waals surface area contributed by atoms with Crippen molar-refractivity contribution in [3.63, 3.8) is 0 Å². The topological polar surface area (TPSA) is 40.0 Å². The summed E-state index contributed by atoms with van der Waals surface area (Å²) in [5.74, 6) is 2.96. The highest BCUT2D eigenvalue weighted by molar-refractivity contribution is 6.70. The van der Waals surface area contributed by atoms with Gasteiger partial charge in [0.05, 0.1) is 5.71 Å². The van der Waals surface area contributed by atoms with Crippen molar-refractivity contribution in [1.29, 1.82) is 0 Å². The molecule has 0 N–H and O–H groups in total. The maximum atomic E-state index is 7.09. The molecule has 0 aliphatic heterocycles. The van der Waals surface area contributed by atoms with Crippen LogP contribution in [0.25, 0.3) is 0 Å². The molecule has 4 aliphatic carbocycles. The fourth-order valence-corrected chi connectivity index (χ4v) is 10.9. The number of fused-ring (bicyclic) bond motifs is 5. The van der Waals surface area contributed by atoms with Gasteiger partial charge in [0.15, 0.2) is 16.6 Å². The van der Waals surface area contributed by atoms with Crippen molar-refractivity contribution in [3.05, 3.63) is 0 Å². The first-order valence-electron chi connectivity index (χ1n) is 13.2. The third kappa shape index (κ3) is 4.55. The molecule has 0 radical (unpaired) electrons. The number of rotatable bonds is 5. The van der Waals surface area contributed by atoms with E-state index in [-0.39, 0.29) is 5.41 Å². The predicted molar refractivity (Wildman–Crippen MR) is 138 cm³/mol. The van der Waals surface area contributed by atoms with E-state index in [1.165, 1.54) is 44.2 Å². The lowest BCUT2D eigenvalue weighted by molar-refractivity contribution is -0.157. The molecule has 0 spiro atoms. The molecule has 8 atom stereocenters. The van der Waals surface area contributed by atoms with Crippen molar-refractivity contribution >= 4 is 22.3 Å². The molecule has 5 unspecified atom stereocenters. The third-order valence-corrected chi connectivity index (χ3v) is 11.5. The summed E-state index contributed by atoms with van der Waals surface area (Å²) in [5, 5.41) is 4.55. The first-order chi connectivity index (χ1) is 14.8. The smallest absolute Gasteiger partial charge is 0.184 e. The Kier molecular flexibility index (Phi) is 6.62. The van der Waals surface area contributed by atoms with Gasteiger partial charge < -0.3 is 13.7 Å². The van der Waals surface area contributed by atoms with Crippen molar-refractivity contribution in [2.24, 2.45) is 39.7 Å². The van der Waals surface area contributed by atoms with E-state index in [4.69, 9.17) is 13.7 Å². The number of oxime groups is 1. The average molecular weight is 480 g/mol. The molecule has 0 bridgehead atoms. The molecule has 184 valence electrons. The third-order valence-electron chi connectivity index (χ3n) is 9.50. The first kappa shape index (κ1) is 24.9. The summed E-state index contributed by atoms with van der Waals surface area (Å²) in [6.07, 6.45) is 10.9. The van der Waals surface area contributed by atoms with Crippen LogP contribution in [0.1, 0.15) is 65.2 Å². The minimum absolute atomic E-state index is 0.142. The zero-order chi connectivity index (χ0) is 23.5. The van der Waals surface area contributed by atoms with Gasteiger partial charge in [-0.25, -0.2) is 0 Å². The maximum Gasteiger partial charge on any atom is 0.184 e. The summed E-state index contributed by atoms with van der Waals surface area (Å²) in [5.41, 5.74) is 1.82. The van der Waals surface area contributed by atoms with Crippen LogP contribution in [0.3, 0.4) is 0 Å². The SMILES string of the molecule is CO/N=C1\CCC2C3CCC4C[C@H](O[Si](C)(C)C)CC[C@]4(C)C3C(O[Si](C)(C)C)C[C@]12C. The van der Waals surface area contributed by atoms with Crippen LogP contribution >= 0.6 is 0 Å². The van der Waals surface area contributed by atoms with E-state index in [0.29, 0.717) is 23.5 Å². The molecule has 0 amide bonds. The van der Waals surface area contributed by atoms with E-state index >= 15 is 0 Å². The van der Waals surface area contributed by atoms with E-state index in [9.17, 15) is 0 Å². The minimum Gasteiger partial charge on any atom is -0.415 e. The second-order valence-corrected chi connectivity index (χ2v) is 22.8. The van der Waals surface area contributed by atoms with Gasteiger partial charge in [-0.05, 0) is 120 Å². The van der Waals surface area contributed by atoms with Gasteiger partial charge in [0, 0.05) is 17.6 Å². The second kappa shape index (κ2) is 8.49. The lowest BCUT2D eigenvalue weighted by atomic mass is 9.44. The second-order valence-electron chi connectivity index (χ2n) is 13.9. The average Bonchev–Trinajstić information content (AvgIpc) is 2.95. The molecule has 0 saturated heterocycles. The fraction of sp³-hybridized carbons (Fsp3) is 0.962. The van der Waals surface area contributed by atoms with Crippen LogP contribution in [0.4, 0.5) is 0 Å². The molecule has 4 nitrogen and oxygen atoms in total. The molecule has 0 aromatic rings. The normalized spacial score (nSPS) is 45.8. The van der Waals surface area contributed by atoms with Gasteiger partial charge >= 0.3 is 0 Å². The highest BCUT2D eigenvalue weighted by Crippen LogP contribution is 2.66. The Morgan fingerprint density at radius 3 is 2.22 bits per heavy atom. The van der Waals surface area contributed by atoms with Crippen LogP contribution in [0.5, 0.6) is 0 Å². The Morgan fingerprint density at radius 1 is 0.906 bits per heavy atom. The van der Waals surface area contributed by atoms with Gasteiger partial charge in [0.2, 0.25) is 0 Å².